The minimum absolute atomic E-state index is 0.0376. The van der Waals surface area contributed by atoms with Gasteiger partial charge in [0.25, 0.3) is 20.0 Å². The highest BCUT2D eigenvalue weighted by Gasteiger charge is 2.20. The number of hydrogen-bond acceptors (Lipinski definition) is 5. The second kappa shape index (κ2) is 8.18. The quantitative estimate of drug-likeness (QED) is 0.604. The van der Waals surface area contributed by atoms with Crippen molar-refractivity contribution in [3.63, 3.8) is 0 Å². The van der Waals surface area contributed by atoms with Crippen molar-refractivity contribution in [3.05, 3.63) is 83.4 Å². The molecule has 7 nitrogen and oxygen atoms in total. The van der Waals surface area contributed by atoms with E-state index >= 15 is 0 Å². The SMILES string of the molecule is Cc1cccc(NS(=O)(=O)c2cc(NS(=O)(=O)c3ccc(C#N)cc3)ccc2C)c1. The van der Waals surface area contributed by atoms with Gasteiger partial charge < -0.3 is 0 Å². The van der Waals surface area contributed by atoms with Gasteiger partial charge in [0, 0.05) is 5.69 Å². The molecule has 0 aliphatic carbocycles. The lowest BCUT2D eigenvalue weighted by Gasteiger charge is -2.14. The first kappa shape index (κ1) is 21.4. The maximum absolute atomic E-state index is 12.9. The molecular formula is C21H19N3O4S2. The average molecular weight is 442 g/mol. The maximum atomic E-state index is 12.9. The van der Waals surface area contributed by atoms with Crippen molar-refractivity contribution in [2.24, 2.45) is 0 Å². The van der Waals surface area contributed by atoms with E-state index in [-0.39, 0.29) is 15.5 Å². The van der Waals surface area contributed by atoms with Crippen LogP contribution in [0.15, 0.2) is 76.5 Å². The van der Waals surface area contributed by atoms with E-state index in [1.807, 2.05) is 19.1 Å². The van der Waals surface area contributed by atoms with Gasteiger partial charge >= 0.3 is 0 Å². The summed E-state index contributed by atoms with van der Waals surface area (Å²) in [7, 11) is -7.89. The van der Waals surface area contributed by atoms with Crippen molar-refractivity contribution in [2.45, 2.75) is 23.6 Å². The summed E-state index contributed by atoms with van der Waals surface area (Å²) in [4.78, 5) is -0.0756. The monoisotopic (exact) mass is 441 g/mol. The fourth-order valence-electron chi connectivity index (χ4n) is 2.79. The zero-order chi connectivity index (χ0) is 21.9. The van der Waals surface area contributed by atoms with Crippen LogP contribution in [0.1, 0.15) is 16.7 Å². The van der Waals surface area contributed by atoms with Gasteiger partial charge in [0.1, 0.15) is 0 Å². The summed E-state index contributed by atoms with van der Waals surface area (Å²) in [5, 5.41) is 8.84. The Bertz CT molecular complexity index is 1340. The van der Waals surface area contributed by atoms with Crippen LogP contribution in [-0.4, -0.2) is 16.8 Å². The smallest absolute Gasteiger partial charge is 0.262 e. The van der Waals surface area contributed by atoms with Crippen LogP contribution in [0.2, 0.25) is 0 Å². The molecule has 0 aromatic heterocycles. The van der Waals surface area contributed by atoms with E-state index in [1.165, 1.54) is 42.5 Å². The number of aryl methyl sites for hydroxylation is 2. The van der Waals surface area contributed by atoms with Crippen molar-refractivity contribution < 1.29 is 16.8 Å². The van der Waals surface area contributed by atoms with Gasteiger partial charge in [0.2, 0.25) is 0 Å². The predicted molar refractivity (Wildman–Crippen MR) is 115 cm³/mol. The Balaban J connectivity index is 1.91. The lowest BCUT2D eigenvalue weighted by molar-refractivity contribution is 0.598. The second-order valence-corrected chi connectivity index (χ2v) is 10.0. The average Bonchev–Trinajstić information content (AvgIpc) is 2.69. The Morgan fingerprint density at radius 3 is 2.03 bits per heavy atom. The zero-order valence-corrected chi connectivity index (χ0v) is 17.9. The number of nitriles is 1. The van der Waals surface area contributed by atoms with Crippen LogP contribution >= 0.6 is 0 Å². The van der Waals surface area contributed by atoms with E-state index in [1.54, 1.807) is 25.1 Å². The lowest BCUT2D eigenvalue weighted by Crippen LogP contribution is -2.16. The summed E-state index contributed by atoms with van der Waals surface area (Å²) < 4.78 is 55.9. The minimum Gasteiger partial charge on any atom is -0.280 e. The molecule has 0 unspecified atom stereocenters. The molecule has 0 amide bonds. The van der Waals surface area contributed by atoms with Gasteiger partial charge in [-0.2, -0.15) is 5.26 Å². The Kier molecular flexibility index (Phi) is 5.82. The third-order valence-corrected chi connectivity index (χ3v) is 7.21. The van der Waals surface area contributed by atoms with E-state index in [0.29, 0.717) is 16.8 Å². The predicted octanol–water partition coefficient (Wildman–Crippen LogP) is 3.78. The highest BCUT2D eigenvalue weighted by molar-refractivity contribution is 7.93. The van der Waals surface area contributed by atoms with Crippen molar-refractivity contribution in [3.8, 4) is 6.07 Å². The molecule has 0 spiro atoms. The summed E-state index contributed by atoms with van der Waals surface area (Å²) in [5.74, 6) is 0. The van der Waals surface area contributed by atoms with E-state index in [0.717, 1.165) is 5.56 Å². The third-order valence-electron chi connectivity index (χ3n) is 4.29. The summed E-state index contributed by atoms with van der Waals surface area (Å²) >= 11 is 0. The van der Waals surface area contributed by atoms with Gasteiger partial charge in [-0.15, -0.1) is 0 Å². The Morgan fingerprint density at radius 1 is 0.767 bits per heavy atom. The first-order valence-electron chi connectivity index (χ1n) is 8.84. The Hall–Kier alpha value is -3.35. The van der Waals surface area contributed by atoms with Crippen molar-refractivity contribution in [1.29, 1.82) is 5.26 Å². The number of benzene rings is 3. The largest absolute Gasteiger partial charge is 0.280 e. The molecule has 0 fully saturated rings. The van der Waals surface area contributed by atoms with Gasteiger partial charge in [0.15, 0.2) is 0 Å². The van der Waals surface area contributed by atoms with Crippen LogP contribution in [0.5, 0.6) is 0 Å². The molecule has 3 rings (SSSR count). The molecule has 0 saturated heterocycles. The number of rotatable bonds is 6. The second-order valence-electron chi connectivity index (χ2n) is 6.70. The number of nitrogens with one attached hydrogen (secondary N) is 2. The molecule has 0 saturated carbocycles. The standard InChI is InChI=1S/C21H19N3O4S2/c1-15-4-3-5-18(12-15)24-30(27,28)21-13-19(9-6-16(21)2)23-29(25,26)20-10-7-17(14-22)8-11-20/h3-13,23-24H,1-2H3. The summed E-state index contributed by atoms with van der Waals surface area (Å²) in [6, 6.07) is 18.5. The highest BCUT2D eigenvalue weighted by atomic mass is 32.2. The Morgan fingerprint density at radius 2 is 1.40 bits per heavy atom. The molecule has 0 bridgehead atoms. The normalized spacial score (nSPS) is 11.5. The first-order valence-corrected chi connectivity index (χ1v) is 11.8. The lowest BCUT2D eigenvalue weighted by atomic mass is 10.2. The molecule has 3 aromatic rings. The van der Waals surface area contributed by atoms with Gasteiger partial charge in [-0.25, -0.2) is 16.8 Å². The topological polar surface area (TPSA) is 116 Å². The number of sulfonamides is 2. The number of hydrogen-bond donors (Lipinski definition) is 2. The van der Waals surface area contributed by atoms with Crippen LogP contribution < -0.4 is 9.44 Å². The Labute approximate surface area is 176 Å². The van der Waals surface area contributed by atoms with E-state index in [2.05, 4.69) is 9.44 Å². The zero-order valence-electron chi connectivity index (χ0n) is 16.2. The molecular weight excluding hydrogens is 422 g/mol. The van der Waals surface area contributed by atoms with Gasteiger partial charge in [-0.05, 0) is 73.5 Å². The van der Waals surface area contributed by atoms with Crippen molar-refractivity contribution >= 4 is 31.4 Å². The van der Waals surface area contributed by atoms with Crippen LogP contribution in [0.4, 0.5) is 11.4 Å². The fraction of sp³-hybridized carbons (Fsp3) is 0.0952. The highest BCUT2D eigenvalue weighted by Crippen LogP contribution is 2.25. The molecule has 2 N–H and O–H groups in total. The summed E-state index contributed by atoms with van der Waals surface area (Å²) in [6.07, 6.45) is 0. The van der Waals surface area contributed by atoms with Gasteiger partial charge in [-0.1, -0.05) is 18.2 Å². The molecule has 3 aromatic carbocycles. The van der Waals surface area contributed by atoms with E-state index in [9.17, 15) is 16.8 Å². The van der Waals surface area contributed by atoms with Crippen LogP contribution in [-0.2, 0) is 20.0 Å². The van der Waals surface area contributed by atoms with Crippen LogP contribution in [0.3, 0.4) is 0 Å². The molecule has 0 aliphatic heterocycles. The van der Waals surface area contributed by atoms with Gasteiger partial charge in [-0.3, -0.25) is 9.44 Å². The van der Waals surface area contributed by atoms with Crippen molar-refractivity contribution in [1.82, 2.24) is 0 Å². The minimum atomic E-state index is -3.95. The molecule has 30 heavy (non-hydrogen) atoms. The van der Waals surface area contributed by atoms with E-state index < -0.39 is 20.0 Å². The van der Waals surface area contributed by atoms with Crippen molar-refractivity contribution in [2.75, 3.05) is 9.44 Å². The summed E-state index contributed by atoms with van der Waals surface area (Å²) in [5.41, 5.74) is 2.22. The van der Waals surface area contributed by atoms with Gasteiger partial charge in [0.05, 0.1) is 27.1 Å². The molecule has 0 radical (unpaired) electrons. The first-order chi connectivity index (χ1) is 14.1. The molecule has 9 heteroatoms. The fourth-order valence-corrected chi connectivity index (χ4v) is 5.17. The molecule has 0 atom stereocenters. The third kappa shape index (κ3) is 4.79. The molecule has 154 valence electrons. The van der Waals surface area contributed by atoms with E-state index in [4.69, 9.17) is 5.26 Å². The number of anilines is 2. The summed E-state index contributed by atoms with van der Waals surface area (Å²) in [6.45, 7) is 3.48. The maximum Gasteiger partial charge on any atom is 0.262 e. The molecule has 0 heterocycles. The molecule has 0 aliphatic rings. The van der Waals surface area contributed by atoms with Crippen LogP contribution in [0, 0.1) is 25.2 Å². The van der Waals surface area contributed by atoms with Crippen LogP contribution in [0.25, 0.3) is 0 Å². The number of nitrogens with zero attached hydrogens (tertiary/aromatic N) is 1.